The number of hydrogen-bond donors (Lipinski definition) is 1. The molecule has 19 heavy (non-hydrogen) atoms. The minimum absolute atomic E-state index is 0.0941. The smallest absolute Gasteiger partial charge is 0.271 e. The van der Waals surface area contributed by atoms with Gasteiger partial charge in [-0.05, 0) is 18.2 Å². The fourth-order valence-electron chi connectivity index (χ4n) is 1.51. The van der Waals surface area contributed by atoms with Gasteiger partial charge in [0.1, 0.15) is 23.1 Å². The molecule has 0 amide bonds. The van der Waals surface area contributed by atoms with Crippen LogP contribution in [-0.4, -0.2) is 4.92 Å². The maximum Gasteiger partial charge on any atom is 0.271 e. The number of nitrogens with zero attached hydrogens (tertiary/aromatic N) is 2. The van der Waals surface area contributed by atoms with Crippen LogP contribution in [0.25, 0.3) is 0 Å². The molecule has 6 heteroatoms. The van der Waals surface area contributed by atoms with Crippen LogP contribution in [0, 0.1) is 21.4 Å². The first-order valence-electron chi connectivity index (χ1n) is 5.32. The number of nitrogen functional groups attached to an aromatic ring is 1. The van der Waals surface area contributed by atoms with Gasteiger partial charge in [0.15, 0.2) is 0 Å². The summed E-state index contributed by atoms with van der Waals surface area (Å²) in [6.07, 6.45) is 0. The van der Waals surface area contributed by atoms with E-state index in [0.717, 1.165) is 0 Å². The van der Waals surface area contributed by atoms with Gasteiger partial charge in [-0.25, -0.2) is 0 Å². The molecule has 2 aromatic rings. The van der Waals surface area contributed by atoms with Gasteiger partial charge in [0.05, 0.1) is 4.92 Å². The molecule has 0 aliphatic heterocycles. The van der Waals surface area contributed by atoms with E-state index in [1.54, 1.807) is 24.3 Å². The highest BCUT2D eigenvalue weighted by Gasteiger charge is 2.12. The van der Waals surface area contributed by atoms with Gasteiger partial charge in [0.25, 0.3) is 5.69 Å². The molecule has 0 unspecified atom stereocenters. The Morgan fingerprint density at radius 1 is 1.26 bits per heavy atom. The van der Waals surface area contributed by atoms with Gasteiger partial charge < -0.3 is 10.5 Å². The van der Waals surface area contributed by atoms with Crippen molar-refractivity contribution in [3.05, 3.63) is 58.1 Å². The number of non-ortho nitro benzene ring substituents is 1. The van der Waals surface area contributed by atoms with E-state index in [1.807, 2.05) is 6.07 Å². The fourth-order valence-corrected chi connectivity index (χ4v) is 1.51. The van der Waals surface area contributed by atoms with Crippen molar-refractivity contribution < 1.29 is 9.66 Å². The summed E-state index contributed by atoms with van der Waals surface area (Å²) >= 11 is 0. The Morgan fingerprint density at radius 2 is 2.05 bits per heavy atom. The highest BCUT2D eigenvalue weighted by molar-refractivity contribution is 5.52. The van der Waals surface area contributed by atoms with E-state index >= 15 is 0 Å². The Labute approximate surface area is 108 Å². The summed E-state index contributed by atoms with van der Waals surface area (Å²) in [5.41, 5.74) is 6.08. The molecule has 0 fully saturated rings. The highest BCUT2D eigenvalue weighted by Crippen LogP contribution is 2.28. The molecule has 0 heterocycles. The van der Waals surface area contributed by atoms with Crippen molar-refractivity contribution in [3.8, 4) is 17.6 Å². The molecule has 0 spiro atoms. The molecule has 2 rings (SSSR count). The summed E-state index contributed by atoms with van der Waals surface area (Å²) < 4.78 is 5.49. The van der Waals surface area contributed by atoms with Crippen molar-refractivity contribution in [2.45, 2.75) is 0 Å². The first kappa shape index (κ1) is 12.4. The largest absolute Gasteiger partial charge is 0.456 e. The zero-order chi connectivity index (χ0) is 13.8. The summed E-state index contributed by atoms with van der Waals surface area (Å²) in [4.78, 5) is 10.1. The Morgan fingerprint density at radius 3 is 2.68 bits per heavy atom. The van der Waals surface area contributed by atoms with E-state index in [-0.39, 0.29) is 17.0 Å². The number of nitrogens with two attached hydrogens (primary N) is 1. The average molecular weight is 255 g/mol. The van der Waals surface area contributed by atoms with Crippen LogP contribution in [-0.2, 0) is 0 Å². The lowest BCUT2D eigenvalue weighted by Crippen LogP contribution is -1.93. The minimum atomic E-state index is -0.564. The molecule has 2 aromatic carbocycles. The number of nitriles is 1. The van der Waals surface area contributed by atoms with E-state index in [2.05, 4.69) is 0 Å². The molecular formula is C13H9N3O3. The predicted octanol–water partition coefficient (Wildman–Crippen LogP) is 2.84. The molecule has 0 radical (unpaired) electrons. The topological polar surface area (TPSA) is 102 Å². The third kappa shape index (κ3) is 2.79. The van der Waals surface area contributed by atoms with Gasteiger partial charge >= 0.3 is 0 Å². The summed E-state index contributed by atoms with van der Waals surface area (Å²) in [7, 11) is 0. The van der Waals surface area contributed by atoms with E-state index in [4.69, 9.17) is 15.7 Å². The van der Waals surface area contributed by atoms with Gasteiger partial charge in [-0.2, -0.15) is 5.26 Å². The standard InChI is InChI=1S/C13H9N3O3/c14-8-9-6-11(16(17)18)4-5-13(9)19-12-3-1-2-10(15)7-12/h1-7H,15H2. The first-order chi connectivity index (χ1) is 9.10. The van der Waals surface area contributed by atoms with Gasteiger partial charge in [-0.15, -0.1) is 0 Å². The summed E-state index contributed by atoms with van der Waals surface area (Å²) in [5.74, 6) is 0.712. The Bertz CT molecular complexity index is 677. The second kappa shape index (κ2) is 5.06. The van der Waals surface area contributed by atoms with Gasteiger partial charge in [-0.3, -0.25) is 10.1 Å². The maximum absolute atomic E-state index is 10.6. The molecule has 6 nitrogen and oxygen atoms in total. The molecule has 0 aliphatic carbocycles. The Balaban J connectivity index is 2.36. The zero-order valence-electron chi connectivity index (χ0n) is 9.74. The van der Waals surface area contributed by atoms with Crippen molar-refractivity contribution in [2.75, 3.05) is 5.73 Å². The number of rotatable bonds is 3. The fraction of sp³-hybridized carbons (Fsp3) is 0. The summed E-state index contributed by atoms with van der Waals surface area (Å²) in [6.45, 7) is 0. The third-order valence-corrected chi connectivity index (χ3v) is 2.38. The van der Waals surface area contributed by atoms with Crippen molar-refractivity contribution in [1.29, 1.82) is 5.26 Å². The van der Waals surface area contributed by atoms with E-state index in [0.29, 0.717) is 11.4 Å². The number of nitro groups is 1. The van der Waals surface area contributed by atoms with Crippen LogP contribution in [0.2, 0.25) is 0 Å². The molecule has 0 bridgehead atoms. The number of ether oxygens (including phenoxy) is 1. The second-order valence-corrected chi connectivity index (χ2v) is 3.72. The molecule has 0 saturated carbocycles. The molecule has 0 atom stereocenters. The lowest BCUT2D eigenvalue weighted by Gasteiger charge is -2.07. The number of nitro benzene ring substituents is 1. The highest BCUT2D eigenvalue weighted by atomic mass is 16.6. The normalized spacial score (nSPS) is 9.63. The lowest BCUT2D eigenvalue weighted by atomic mass is 10.2. The predicted molar refractivity (Wildman–Crippen MR) is 68.7 cm³/mol. The molecule has 94 valence electrons. The summed E-state index contributed by atoms with van der Waals surface area (Å²) in [6, 6.07) is 12.4. The van der Waals surface area contributed by atoms with E-state index in [9.17, 15) is 10.1 Å². The molecule has 2 N–H and O–H groups in total. The maximum atomic E-state index is 10.6. The molecule has 0 aromatic heterocycles. The quantitative estimate of drug-likeness (QED) is 0.516. The van der Waals surface area contributed by atoms with Crippen LogP contribution in [0.4, 0.5) is 11.4 Å². The SMILES string of the molecule is N#Cc1cc([N+](=O)[O-])ccc1Oc1cccc(N)c1. The van der Waals surface area contributed by atoms with Crippen LogP contribution in [0.3, 0.4) is 0 Å². The number of hydrogen-bond acceptors (Lipinski definition) is 5. The first-order valence-corrected chi connectivity index (χ1v) is 5.32. The second-order valence-electron chi connectivity index (χ2n) is 3.72. The Hall–Kier alpha value is -3.07. The van der Waals surface area contributed by atoms with Crippen molar-refractivity contribution in [1.82, 2.24) is 0 Å². The lowest BCUT2D eigenvalue weighted by molar-refractivity contribution is -0.384. The van der Waals surface area contributed by atoms with Crippen LogP contribution in [0.15, 0.2) is 42.5 Å². The van der Waals surface area contributed by atoms with Crippen LogP contribution < -0.4 is 10.5 Å². The molecule has 0 aliphatic rings. The van der Waals surface area contributed by atoms with E-state index in [1.165, 1.54) is 18.2 Å². The van der Waals surface area contributed by atoms with Crippen molar-refractivity contribution in [2.24, 2.45) is 0 Å². The van der Waals surface area contributed by atoms with E-state index < -0.39 is 4.92 Å². The minimum Gasteiger partial charge on any atom is -0.456 e. The van der Waals surface area contributed by atoms with Crippen molar-refractivity contribution >= 4 is 11.4 Å². The average Bonchev–Trinajstić information content (AvgIpc) is 2.39. The molecule has 0 saturated heterocycles. The van der Waals surface area contributed by atoms with Crippen molar-refractivity contribution in [3.63, 3.8) is 0 Å². The van der Waals surface area contributed by atoms with Crippen LogP contribution in [0.1, 0.15) is 5.56 Å². The monoisotopic (exact) mass is 255 g/mol. The number of benzene rings is 2. The number of anilines is 1. The Kier molecular flexibility index (Phi) is 3.30. The third-order valence-electron chi connectivity index (χ3n) is 2.38. The molecular weight excluding hydrogens is 246 g/mol. The van der Waals surface area contributed by atoms with Gasteiger partial charge in [0.2, 0.25) is 0 Å². The van der Waals surface area contributed by atoms with Crippen LogP contribution >= 0.6 is 0 Å². The van der Waals surface area contributed by atoms with Gasteiger partial charge in [0, 0.05) is 23.9 Å². The summed E-state index contributed by atoms with van der Waals surface area (Å²) in [5, 5.41) is 19.6. The zero-order valence-corrected chi connectivity index (χ0v) is 9.74. The van der Waals surface area contributed by atoms with Gasteiger partial charge in [-0.1, -0.05) is 6.07 Å². The van der Waals surface area contributed by atoms with Crippen LogP contribution in [0.5, 0.6) is 11.5 Å².